The van der Waals surface area contributed by atoms with E-state index in [1.807, 2.05) is 0 Å². The van der Waals surface area contributed by atoms with Gasteiger partial charge in [-0.1, -0.05) is 0 Å². The third-order valence-corrected chi connectivity index (χ3v) is 1.56. The molecule has 0 fully saturated rings. The van der Waals surface area contributed by atoms with Crippen molar-refractivity contribution < 1.29 is 4.79 Å². The van der Waals surface area contributed by atoms with Gasteiger partial charge in [-0.3, -0.25) is 4.79 Å². The van der Waals surface area contributed by atoms with Crippen molar-refractivity contribution in [2.45, 2.75) is 0 Å². The molecule has 5 heteroatoms. The molecule has 60 valence electrons. The number of hydrogen-bond donors (Lipinski definition) is 2. The summed E-state index contributed by atoms with van der Waals surface area (Å²) >= 11 is 0. The van der Waals surface area contributed by atoms with Gasteiger partial charge in [-0.05, 0) is 12.1 Å². The number of primary amides is 1. The van der Waals surface area contributed by atoms with E-state index in [1.165, 1.54) is 0 Å². The Bertz CT molecular complexity index is 434. The normalized spacial score (nSPS) is 10.3. The van der Waals surface area contributed by atoms with Gasteiger partial charge in [0.15, 0.2) is 11.3 Å². The van der Waals surface area contributed by atoms with Crippen LogP contribution in [0.15, 0.2) is 18.3 Å². The van der Waals surface area contributed by atoms with E-state index in [0.29, 0.717) is 5.65 Å². The molecule has 1 amide bonds. The minimum atomic E-state index is -0.564. The number of aromatic nitrogens is 3. The van der Waals surface area contributed by atoms with Crippen molar-refractivity contribution in [3.63, 3.8) is 0 Å². The lowest BCUT2D eigenvalue weighted by atomic mass is 10.3. The number of rotatable bonds is 1. The van der Waals surface area contributed by atoms with E-state index in [-0.39, 0.29) is 5.69 Å². The van der Waals surface area contributed by atoms with E-state index in [2.05, 4.69) is 15.2 Å². The number of nitrogens with zero attached hydrogens (tertiary/aromatic N) is 2. The first-order valence-electron chi connectivity index (χ1n) is 3.38. The Balaban J connectivity index is 2.68. The fourth-order valence-corrected chi connectivity index (χ4v) is 0.976. The minimum Gasteiger partial charge on any atom is -0.364 e. The van der Waals surface area contributed by atoms with E-state index in [4.69, 9.17) is 5.73 Å². The zero-order valence-electron chi connectivity index (χ0n) is 6.11. The SMILES string of the molecule is NC(=O)c1cc2cc[nH]c2nn1. The van der Waals surface area contributed by atoms with Crippen molar-refractivity contribution >= 4 is 16.9 Å². The molecule has 0 aliphatic heterocycles. The molecule has 0 atom stereocenters. The maximum atomic E-state index is 10.7. The summed E-state index contributed by atoms with van der Waals surface area (Å²) in [6, 6.07) is 3.40. The summed E-state index contributed by atoms with van der Waals surface area (Å²) in [5.74, 6) is -0.564. The zero-order chi connectivity index (χ0) is 8.55. The van der Waals surface area contributed by atoms with E-state index < -0.39 is 5.91 Å². The second-order valence-corrected chi connectivity index (χ2v) is 2.38. The molecule has 0 spiro atoms. The highest BCUT2D eigenvalue weighted by molar-refractivity contribution is 5.93. The molecule has 3 N–H and O–H groups in total. The molecule has 2 heterocycles. The number of hydrogen-bond acceptors (Lipinski definition) is 3. The van der Waals surface area contributed by atoms with Gasteiger partial charge in [-0.25, -0.2) is 0 Å². The lowest BCUT2D eigenvalue weighted by Gasteiger charge is -1.91. The fourth-order valence-electron chi connectivity index (χ4n) is 0.976. The molecule has 0 bridgehead atoms. The van der Waals surface area contributed by atoms with E-state index >= 15 is 0 Å². The van der Waals surface area contributed by atoms with E-state index in [9.17, 15) is 4.79 Å². The molecular formula is C7H6N4O. The van der Waals surface area contributed by atoms with E-state index in [0.717, 1.165) is 5.39 Å². The average Bonchev–Trinajstić information content (AvgIpc) is 2.49. The second kappa shape index (κ2) is 2.30. The molecular weight excluding hydrogens is 156 g/mol. The van der Waals surface area contributed by atoms with Gasteiger partial charge in [0.2, 0.25) is 0 Å². The number of fused-ring (bicyclic) bond motifs is 1. The Labute approximate surface area is 67.6 Å². The summed E-state index contributed by atoms with van der Waals surface area (Å²) in [6.45, 7) is 0. The lowest BCUT2D eigenvalue weighted by Crippen LogP contribution is -2.13. The first kappa shape index (κ1) is 6.78. The second-order valence-electron chi connectivity index (χ2n) is 2.38. The number of nitrogens with one attached hydrogen (secondary N) is 1. The van der Waals surface area contributed by atoms with Crippen molar-refractivity contribution in [3.05, 3.63) is 24.0 Å². The number of H-pyrrole nitrogens is 1. The Morgan fingerprint density at radius 3 is 3.08 bits per heavy atom. The summed E-state index contributed by atoms with van der Waals surface area (Å²) in [4.78, 5) is 13.5. The largest absolute Gasteiger partial charge is 0.364 e. The minimum absolute atomic E-state index is 0.183. The van der Waals surface area contributed by atoms with Crippen molar-refractivity contribution in [1.29, 1.82) is 0 Å². The topological polar surface area (TPSA) is 84.7 Å². The van der Waals surface area contributed by atoms with Gasteiger partial charge in [0.25, 0.3) is 5.91 Å². The number of nitrogens with two attached hydrogens (primary N) is 1. The van der Waals surface area contributed by atoms with Gasteiger partial charge in [0.05, 0.1) is 0 Å². The molecule has 0 unspecified atom stereocenters. The van der Waals surface area contributed by atoms with Crippen LogP contribution in [0.25, 0.3) is 11.0 Å². The number of carbonyl (C=O) groups is 1. The monoisotopic (exact) mass is 162 g/mol. The number of carbonyl (C=O) groups excluding carboxylic acids is 1. The molecule has 5 nitrogen and oxygen atoms in total. The Morgan fingerprint density at radius 1 is 1.50 bits per heavy atom. The lowest BCUT2D eigenvalue weighted by molar-refractivity contribution is 0.0995. The van der Waals surface area contributed by atoms with Crippen LogP contribution in [0.4, 0.5) is 0 Å². The Hall–Kier alpha value is -1.91. The van der Waals surface area contributed by atoms with Crippen LogP contribution < -0.4 is 5.73 Å². The highest BCUT2D eigenvalue weighted by atomic mass is 16.1. The molecule has 2 rings (SSSR count). The molecule has 0 saturated carbocycles. The first-order chi connectivity index (χ1) is 5.77. The molecule has 2 aromatic heterocycles. The van der Waals surface area contributed by atoms with Crippen LogP contribution in [0.2, 0.25) is 0 Å². The fraction of sp³-hybridized carbons (Fsp3) is 0. The van der Waals surface area contributed by atoms with Gasteiger partial charge in [-0.15, -0.1) is 10.2 Å². The highest BCUT2D eigenvalue weighted by Gasteiger charge is 2.04. The standard InChI is InChI=1S/C7H6N4O/c8-6(12)5-3-4-1-2-9-7(4)11-10-5/h1-3H,(H2,8,12)(H,9,11). The van der Waals surface area contributed by atoms with Crippen molar-refractivity contribution in [2.75, 3.05) is 0 Å². The summed E-state index contributed by atoms with van der Waals surface area (Å²) < 4.78 is 0. The smallest absolute Gasteiger partial charge is 0.269 e. The van der Waals surface area contributed by atoms with Crippen LogP contribution >= 0.6 is 0 Å². The molecule has 0 radical (unpaired) electrons. The molecule has 0 aliphatic rings. The summed E-state index contributed by atoms with van der Waals surface area (Å²) in [6.07, 6.45) is 1.73. The quantitative estimate of drug-likeness (QED) is 0.621. The predicted octanol–water partition coefficient (Wildman–Crippen LogP) is 0.0568. The van der Waals surface area contributed by atoms with Crippen LogP contribution in [0, 0.1) is 0 Å². The predicted molar refractivity (Wildman–Crippen MR) is 42.4 cm³/mol. The van der Waals surface area contributed by atoms with E-state index in [1.54, 1.807) is 18.3 Å². The number of amides is 1. The van der Waals surface area contributed by atoms with Gasteiger partial charge < -0.3 is 10.7 Å². The Morgan fingerprint density at radius 2 is 2.33 bits per heavy atom. The van der Waals surface area contributed by atoms with Crippen LogP contribution in [0.3, 0.4) is 0 Å². The summed E-state index contributed by atoms with van der Waals surface area (Å²) in [7, 11) is 0. The molecule has 0 saturated heterocycles. The summed E-state index contributed by atoms with van der Waals surface area (Å²) in [5, 5.41) is 8.21. The van der Waals surface area contributed by atoms with Gasteiger partial charge in [0, 0.05) is 11.6 Å². The highest BCUT2D eigenvalue weighted by Crippen LogP contribution is 2.08. The third-order valence-electron chi connectivity index (χ3n) is 1.56. The van der Waals surface area contributed by atoms with Crippen molar-refractivity contribution in [3.8, 4) is 0 Å². The van der Waals surface area contributed by atoms with Crippen LogP contribution in [-0.2, 0) is 0 Å². The zero-order valence-corrected chi connectivity index (χ0v) is 6.11. The van der Waals surface area contributed by atoms with Gasteiger partial charge in [-0.2, -0.15) is 0 Å². The summed E-state index contributed by atoms with van der Waals surface area (Å²) in [5.41, 5.74) is 5.86. The maximum absolute atomic E-state index is 10.7. The van der Waals surface area contributed by atoms with Crippen LogP contribution in [-0.4, -0.2) is 21.1 Å². The third kappa shape index (κ3) is 0.914. The molecule has 12 heavy (non-hydrogen) atoms. The molecule has 0 aromatic carbocycles. The van der Waals surface area contributed by atoms with Gasteiger partial charge >= 0.3 is 0 Å². The molecule has 2 aromatic rings. The molecule has 0 aliphatic carbocycles. The number of aromatic amines is 1. The first-order valence-corrected chi connectivity index (χ1v) is 3.38. The van der Waals surface area contributed by atoms with Gasteiger partial charge in [0.1, 0.15) is 0 Å². The maximum Gasteiger partial charge on any atom is 0.269 e. The van der Waals surface area contributed by atoms with Crippen LogP contribution in [0.1, 0.15) is 10.5 Å². The van der Waals surface area contributed by atoms with Crippen LogP contribution in [0.5, 0.6) is 0 Å². The van der Waals surface area contributed by atoms with Crippen molar-refractivity contribution in [2.24, 2.45) is 5.73 Å². The Kier molecular flexibility index (Phi) is 1.30. The van der Waals surface area contributed by atoms with Crippen molar-refractivity contribution in [1.82, 2.24) is 15.2 Å². The average molecular weight is 162 g/mol.